The molecule has 1 heterocycles. The molecular formula is C14H11Br2NO. The van der Waals surface area contributed by atoms with Crippen molar-refractivity contribution in [2.45, 2.75) is 13.8 Å². The molecule has 18 heavy (non-hydrogen) atoms. The topological polar surface area (TPSA) is 30.0 Å². The molecule has 0 N–H and O–H groups in total. The molecule has 0 fully saturated rings. The number of carbonyl (C=O) groups is 1. The molecule has 0 saturated heterocycles. The Hall–Kier alpha value is -1.000. The molecule has 1 aromatic heterocycles. The summed E-state index contributed by atoms with van der Waals surface area (Å²) in [5.41, 5.74) is 3.16. The first kappa shape index (κ1) is 13.4. The second-order valence-corrected chi connectivity index (χ2v) is 5.90. The van der Waals surface area contributed by atoms with Crippen LogP contribution in [0.1, 0.15) is 27.2 Å². The molecule has 4 heteroatoms. The molecule has 0 saturated carbocycles. The summed E-state index contributed by atoms with van der Waals surface area (Å²) in [6.07, 6.45) is 1.63. The number of hydrogen-bond acceptors (Lipinski definition) is 2. The third-order valence-corrected chi connectivity index (χ3v) is 3.70. The van der Waals surface area contributed by atoms with Gasteiger partial charge in [0, 0.05) is 20.7 Å². The van der Waals surface area contributed by atoms with Crippen molar-refractivity contribution in [1.29, 1.82) is 0 Å². The van der Waals surface area contributed by atoms with Gasteiger partial charge in [0.1, 0.15) is 5.69 Å². The van der Waals surface area contributed by atoms with Gasteiger partial charge in [-0.2, -0.15) is 0 Å². The second-order valence-electron chi connectivity index (χ2n) is 4.13. The summed E-state index contributed by atoms with van der Waals surface area (Å²) < 4.78 is 1.54. The minimum absolute atomic E-state index is 0.0597. The van der Waals surface area contributed by atoms with Gasteiger partial charge in [-0.05, 0) is 63.4 Å². The van der Waals surface area contributed by atoms with Crippen LogP contribution in [0.5, 0.6) is 0 Å². The van der Waals surface area contributed by atoms with Crippen LogP contribution in [0.15, 0.2) is 39.4 Å². The molecule has 2 nitrogen and oxygen atoms in total. The summed E-state index contributed by atoms with van der Waals surface area (Å²) in [7, 11) is 0. The first-order chi connectivity index (χ1) is 8.49. The van der Waals surface area contributed by atoms with Crippen LogP contribution < -0.4 is 0 Å². The molecule has 92 valence electrons. The Morgan fingerprint density at radius 2 is 1.89 bits per heavy atom. The number of aryl methyl sites for hydroxylation is 2. The van der Waals surface area contributed by atoms with Crippen molar-refractivity contribution in [3.63, 3.8) is 0 Å². The number of aromatic nitrogens is 1. The van der Waals surface area contributed by atoms with E-state index in [4.69, 9.17) is 0 Å². The number of pyridine rings is 1. The highest BCUT2D eigenvalue weighted by Crippen LogP contribution is 2.23. The van der Waals surface area contributed by atoms with Gasteiger partial charge < -0.3 is 0 Å². The van der Waals surface area contributed by atoms with Crippen LogP contribution in [0.25, 0.3) is 0 Å². The van der Waals surface area contributed by atoms with Gasteiger partial charge in [0.25, 0.3) is 0 Å². The van der Waals surface area contributed by atoms with Crippen molar-refractivity contribution < 1.29 is 4.79 Å². The number of carbonyl (C=O) groups excluding carboxylic acids is 1. The van der Waals surface area contributed by atoms with Crippen LogP contribution in [0, 0.1) is 13.8 Å². The molecule has 0 aliphatic heterocycles. The lowest BCUT2D eigenvalue weighted by Gasteiger charge is -2.07. The van der Waals surface area contributed by atoms with E-state index in [0.29, 0.717) is 15.7 Å². The minimum Gasteiger partial charge on any atom is -0.287 e. The third-order valence-electron chi connectivity index (χ3n) is 2.66. The zero-order chi connectivity index (χ0) is 13.3. The van der Waals surface area contributed by atoms with E-state index >= 15 is 0 Å². The molecular weight excluding hydrogens is 358 g/mol. The monoisotopic (exact) mass is 367 g/mol. The summed E-state index contributed by atoms with van der Waals surface area (Å²) in [4.78, 5) is 16.6. The fourth-order valence-electron chi connectivity index (χ4n) is 1.69. The molecule has 0 unspecified atom stereocenters. The van der Waals surface area contributed by atoms with Crippen molar-refractivity contribution in [1.82, 2.24) is 4.98 Å². The van der Waals surface area contributed by atoms with Crippen molar-refractivity contribution in [3.8, 4) is 0 Å². The number of hydrogen-bond donors (Lipinski definition) is 0. The average molecular weight is 369 g/mol. The number of ketones is 1. The Labute approximate surface area is 123 Å². The summed E-state index contributed by atoms with van der Waals surface area (Å²) in [5, 5.41) is 0. The van der Waals surface area contributed by atoms with Gasteiger partial charge >= 0.3 is 0 Å². The fraction of sp³-hybridized carbons (Fsp3) is 0.143. The van der Waals surface area contributed by atoms with Gasteiger partial charge in [0.15, 0.2) is 0 Å². The first-order valence-corrected chi connectivity index (χ1v) is 7.00. The maximum absolute atomic E-state index is 12.4. The molecule has 0 aliphatic rings. The van der Waals surface area contributed by atoms with Gasteiger partial charge in [0.05, 0.1) is 0 Å². The van der Waals surface area contributed by atoms with E-state index in [1.54, 1.807) is 6.20 Å². The Morgan fingerprint density at radius 1 is 1.17 bits per heavy atom. The smallest absolute Gasteiger partial charge is 0.212 e. The van der Waals surface area contributed by atoms with E-state index < -0.39 is 0 Å². The molecule has 0 bridgehead atoms. The lowest BCUT2D eigenvalue weighted by atomic mass is 10.00. The summed E-state index contributed by atoms with van der Waals surface area (Å²) >= 11 is 6.70. The van der Waals surface area contributed by atoms with E-state index in [0.717, 1.165) is 15.6 Å². The van der Waals surface area contributed by atoms with E-state index in [1.165, 1.54) is 0 Å². The van der Waals surface area contributed by atoms with Crippen LogP contribution in [0.2, 0.25) is 0 Å². The molecule has 2 aromatic rings. The number of benzene rings is 1. The van der Waals surface area contributed by atoms with E-state index in [-0.39, 0.29) is 5.78 Å². The zero-order valence-corrected chi connectivity index (χ0v) is 13.2. The Balaban J connectivity index is 2.51. The van der Waals surface area contributed by atoms with Crippen LogP contribution >= 0.6 is 31.9 Å². The van der Waals surface area contributed by atoms with E-state index in [9.17, 15) is 4.79 Å². The SMILES string of the molecule is Cc1ccc(C)c(C(=O)c2ncc(Br)cc2Br)c1. The van der Waals surface area contributed by atoms with Gasteiger partial charge in [-0.15, -0.1) is 0 Å². The Kier molecular flexibility index (Phi) is 3.97. The molecule has 0 aliphatic carbocycles. The van der Waals surface area contributed by atoms with Gasteiger partial charge in [-0.1, -0.05) is 17.7 Å². The van der Waals surface area contributed by atoms with Gasteiger partial charge in [-0.3, -0.25) is 9.78 Å². The highest BCUT2D eigenvalue weighted by Gasteiger charge is 2.16. The maximum Gasteiger partial charge on any atom is 0.212 e. The third kappa shape index (κ3) is 2.70. The summed E-state index contributed by atoms with van der Waals surface area (Å²) in [6.45, 7) is 3.90. The van der Waals surface area contributed by atoms with Crippen LogP contribution in [-0.4, -0.2) is 10.8 Å². The van der Waals surface area contributed by atoms with Crippen molar-refractivity contribution in [3.05, 3.63) is 61.8 Å². The highest BCUT2D eigenvalue weighted by atomic mass is 79.9. The standard InChI is InChI=1S/C14H11Br2NO/c1-8-3-4-9(2)11(5-8)14(18)13-12(16)6-10(15)7-17-13/h3-7H,1-2H3. The lowest BCUT2D eigenvalue weighted by Crippen LogP contribution is -2.07. The van der Waals surface area contributed by atoms with Crippen molar-refractivity contribution in [2.75, 3.05) is 0 Å². The van der Waals surface area contributed by atoms with Crippen LogP contribution in [0.4, 0.5) is 0 Å². The number of halogens is 2. The van der Waals surface area contributed by atoms with E-state index in [2.05, 4.69) is 36.8 Å². The lowest BCUT2D eigenvalue weighted by molar-refractivity contribution is 0.103. The van der Waals surface area contributed by atoms with Gasteiger partial charge in [-0.25, -0.2) is 0 Å². The molecule has 0 atom stereocenters. The predicted molar refractivity (Wildman–Crippen MR) is 79.0 cm³/mol. The summed E-state index contributed by atoms with van der Waals surface area (Å²) in [5.74, 6) is -0.0597. The van der Waals surface area contributed by atoms with Crippen LogP contribution in [-0.2, 0) is 0 Å². The molecule has 0 amide bonds. The Bertz CT molecular complexity index is 623. The average Bonchev–Trinajstić information content (AvgIpc) is 2.31. The van der Waals surface area contributed by atoms with Crippen molar-refractivity contribution in [2.24, 2.45) is 0 Å². The first-order valence-electron chi connectivity index (χ1n) is 5.42. The molecule has 0 radical (unpaired) electrons. The number of rotatable bonds is 2. The second kappa shape index (κ2) is 5.33. The minimum atomic E-state index is -0.0597. The summed E-state index contributed by atoms with van der Waals surface area (Å²) in [6, 6.07) is 7.67. The maximum atomic E-state index is 12.4. The van der Waals surface area contributed by atoms with E-state index in [1.807, 2.05) is 38.1 Å². The van der Waals surface area contributed by atoms with Gasteiger partial charge in [0.2, 0.25) is 5.78 Å². The van der Waals surface area contributed by atoms with Crippen LogP contribution in [0.3, 0.4) is 0 Å². The highest BCUT2D eigenvalue weighted by molar-refractivity contribution is 9.11. The quantitative estimate of drug-likeness (QED) is 0.732. The zero-order valence-electron chi connectivity index (χ0n) is 10.00. The molecule has 2 rings (SSSR count). The largest absolute Gasteiger partial charge is 0.287 e. The Morgan fingerprint density at radius 3 is 2.56 bits per heavy atom. The predicted octanol–water partition coefficient (Wildman–Crippen LogP) is 4.45. The molecule has 0 spiro atoms. The fourth-order valence-corrected chi connectivity index (χ4v) is 2.86. The normalized spacial score (nSPS) is 10.4. The molecule has 1 aromatic carbocycles. The van der Waals surface area contributed by atoms with Crippen molar-refractivity contribution >= 4 is 37.6 Å². The number of nitrogens with zero attached hydrogens (tertiary/aromatic N) is 1.